The number of likely N-dealkylation sites (tertiary alicyclic amines) is 2. The Hall–Kier alpha value is -4.30. The number of carbonyl (C=O) groups excluding carboxylic acids is 2. The number of nitro groups is 2. The molecule has 39 heavy (non-hydrogen) atoms. The highest BCUT2D eigenvalue weighted by Crippen LogP contribution is 2.30. The molecule has 14 heteroatoms. The molecule has 2 N–H and O–H groups in total. The Kier molecular flexibility index (Phi) is 8.56. The number of non-ortho nitro benzene ring substituents is 2. The summed E-state index contributed by atoms with van der Waals surface area (Å²) in [5.74, 6) is -0.364. The van der Waals surface area contributed by atoms with Gasteiger partial charge in [0, 0.05) is 43.3 Å². The first kappa shape index (κ1) is 27.7. The molecule has 2 unspecified atom stereocenters. The van der Waals surface area contributed by atoms with Crippen molar-refractivity contribution >= 4 is 23.6 Å². The van der Waals surface area contributed by atoms with Crippen molar-refractivity contribution < 1.29 is 39.1 Å². The summed E-state index contributed by atoms with van der Waals surface area (Å²) < 4.78 is 10.6. The van der Waals surface area contributed by atoms with Gasteiger partial charge in [0.1, 0.15) is 13.2 Å². The standard InChI is InChI=1S/C25H28N4O10/c30-21-11-22(27(13-21)25(33)39-15-17-3-7-20(8-4-17)29(36)37)23(31)18-9-10-26(12-18)24(32)38-14-16-1-5-19(6-2-16)28(34)35/h1-8,18,21-23,30-31H,9-15H2/t18?,21-,22+,23?/m1/s1. The minimum absolute atomic E-state index is 0.0193. The molecule has 0 radical (unpaired) electrons. The minimum Gasteiger partial charge on any atom is -0.445 e. The molecule has 0 aromatic heterocycles. The lowest BCUT2D eigenvalue weighted by Crippen LogP contribution is -2.46. The first-order valence-corrected chi connectivity index (χ1v) is 12.3. The Morgan fingerprint density at radius 2 is 1.41 bits per heavy atom. The van der Waals surface area contributed by atoms with Gasteiger partial charge in [-0.3, -0.25) is 25.1 Å². The number of aliphatic hydroxyl groups is 2. The van der Waals surface area contributed by atoms with Crippen LogP contribution >= 0.6 is 0 Å². The first-order chi connectivity index (χ1) is 18.6. The van der Waals surface area contributed by atoms with E-state index < -0.39 is 40.3 Å². The Balaban J connectivity index is 1.28. The van der Waals surface area contributed by atoms with Gasteiger partial charge in [0.2, 0.25) is 0 Å². The number of benzene rings is 2. The zero-order valence-corrected chi connectivity index (χ0v) is 20.8. The van der Waals surface area contributed by atoms with Gasteiger partial charge in [0.25, 0.3) is 11.4 Å². The lowest BCUT2D eigenvalue weighted by Gasteiger charge is -2.31. The second-order valence-electron chi connectivity index (χ2n) is 9.55. The van der Waals surface area contributed by atoms with Crippen LogP contribution in [0.3, 0.4) is 0 Å². The number of nitrogens with zero attached hydrogens (tertiary/aromatic N) is 4. The van der Waals surface area contributed by atoms with Gasteiger partial charge in [0.15, 0.2) is 0 Å². The molecule has 2 amide bonds. The van der Waals surface area contributed by atoms with Gasteiger partial charge in [0.05, 0.1) is 34.6 Å². The molecule has 208 valence electrons. The predicted molar refractivity (Wildman–Crippen MR) is 133 cm³/mol. The Labute approximate surface area is 222 Å². The van der Waals surface area contributed by atoms with Gasteiger partial charge in [-0.25, -0.2) is 9.59 Å². The summed E-state index contributed by atoms with van der Waals surface area (Å²) in [6.07, 6.45) is -2.58. The maximum atomic E-state index is 12.8. The van der Waals surface area contributed by atoms with E-state index in [-0.39, 0.29) is 50.0 Å². The van der Waals surface area contributed by atoms with E-state index in [1.807, 2.05) is 0 Å². The normalized spacial score (nSPS) is 21.4. The van der Waals surface area contributed by atoms with Gasteiger partial charge in [-0.1, -0.05) is 0 Å². The van der Waals surface area contributed by atoms with Crippen LogP contribution in [0.5, 0.6) is 0 Å². The van der Waals surface area contributed by atoms with E-state index in [0.717, 1.165) is 0 Å². The van der Waals surface area contributed by atoms with E-state index in [0.29, 0.717) is 24.1 Å². The zero-order chi connectivity index (χ0) is 28.1. The average molecular weight is 545 g/mol. The summed E-state index contributed by atoms with van der Waals surface area (Å²) in [7, 11) is 0. The number of nitro benzene ring substituents is 2. The highest BCUT2D eigenvalue weighted by Gasteiger charge is 2.44. The maximum absolute atomic E-state index is 12.8. The molecular formula is C25H28N4O10. The summed E-state index contributed by atoms with van der Waals surface area (Å²) in [6.45, 7) is 0.307. The fourth-order valence-electron chi connectivity index (χ4n) is 4.81. The first-order valence-electron chi connectivity index (χ1n) is 12.3. The van der Waals surface area contributed by atoms with Gasteiger partial charge in [-0.2, -0.15) is 0 Å². The van der Waals surface area contributed by atoms with E-state index in [4.69, 9.17) is 9.47 Å². The van der Waals surface area contributed by atoms with Gasteiger partial charge in [-0.15, -0.1) is 0 Å². The molecule has 2 aliphatic heterocycles. The molecule has 2 aliphatic rings. The third kappa shape index (κ3) is 6.78. The van der Waals surface area contributed by atoms with Gasteiger partial charge < -0.3 is 24.6 Å². The van der Waals surface area contributed by atoms with Crippen LogP contribution in [0, 0.1) is 26.1 Å². The Morgan fingerprint density at radius 3 is 1.92 bits per heavy atom. The molecule has 2 saturated heterocycles. The quantitative estimate of drug-likeness (QED) is 0.369. The average Bonchev–Trinajstić information content (AvgIpc) is 3.58. The minimum atomic E-state index is -1.03. The monoisotopic (exact) mass is 544 g/mol. The number of hydrogen-bond acceptors (Lipinski definition) is 10. The number of ether oxygens (including phenoxy) is 2. The summed E-state index contributed by atoms with van der Waals surface area (Å²) in [5.41, 5.74) is 0.983. The molecule has 4 atom stereocenters. The van der Waals surface area contributed by atoms with Crippen molar-refractivity contribution in [3.05, 3.63) is 79.9 Å². The third-order valence-corrected chi connectivity index (χ3v) is 6.93. The van der Waals surface area contributed by atoms with Crippen LogP contribution in [0.1, 0.15) is 24.0 Å². The topological polar surface area (TPSA) is 186 Å². The van der Waals surface area contributed by atoms with Crippen LogP contribution in [0.25, 0.3) is 0 Å². The number of aliphatic hydroxyl groups excluding tert-OH is 2. The molecule has 0 spiro atoms. The Bertz CT molecular complexity index is 1210. The van der Waals surface area contributed by atoms with Crippen molar-refractivity contribution in [1.82, 2.24) is 9.80 Å². The SMILES string of the molecule is O=C(OCc1ccc([N+](=O)[O-])cc1)N1CCC(C(O)[C@@H]2C[C@@H](O)CN2C(=O)OCc2ccc([N+](=O)[O-])cc2)C1. The fourth-order valence-corrected chi connectivity index (χ4v) is 4.81. The van der Waals surface area contributed by atoms with Crippen molar-refractivity contribution in [2.45, 2.75) is 44.3 Å². The summed E-state index contributed by atoms with van der Waals surface area (Å²) in [4.78, 5) is 48.5. The van der Waals surface area contributed by atoms with Gasteiger partial charge >= 0.3 is 12.2 Å². The van der Waals surface area contributed by atoms with Crippen LogP contribution in [-0.4, -0.2) is 79.9 Å². The van der Waals surface area contributed by atoms with Crippen LogP contribution < -0.4 is 0 Å². The van der Waals surface area contributed by atoms with Crippen molar-refractivity contribution in [3.8, 4) is 0 Å². The molecule has 2 aromatic carbocycles. The van der Waals surface area contributed by atoms with E-state index in [1.165, 1.54) is 58.3 Å². The van der Waals surface area contributed by atoms with E-state index in [1.54, 1.807) is 0 Å². The van der Waals surface area contributed by atoms with Gasteiger partial charge in [-0.05, 0) is 48.2 Å². The molecule has 4 rings (SSSR count). The van der Waals surface area contributed by atoms with Crippen molar-refractivity contribution in [2.24, 2.45) is 5.92 Å². The number of amides is 2. The lowest BCUT2D eigenvalue weighted by atomic mass is 9.93. The largest absolute Gasteiger partial charge is 0.445 e. The zero-order valence-electron chi connectivity index (χ0n) is 20.8. The second-order valence-corrected chi connectivity index (χ2v) is 9.55. The summed E-state index contributed by atoms with van der Waals surface area (Å²) >= 11 is 0. The lowest BCUT2D eigenvalue weighted by molar-refractivity contribution is -0.385. The fraction of sp³-hybridized carbons (Fsp3) is 0.440. The summed E-state index contributed by atoms with van der Waals surface area (Å²) in [5, 5.41) is 42.8. The van der Waals surface area contributed by atoms with Crippen LogP contribution in [0.2, 0.25) is 0 Å². The Morgan fingerprint density at radius 1 is 0.897 bits per heavy atom. The van der Waals surface area contributed by atoms with Crippen molar-refractivity contribution in [3.63, 3.8) is 0 Å². The number of β-amino-alcohol motifs (C(OH)–C–C–N with tert-alkyl or cyclic N) is 1. The summed E-state index contributed by atoms with van der Waals surface area (Å²) in [6, 6.07) is 10.5. The molecular weight excluding hydrogens is 516 g/mol. The molecule has 14 nitrogen and oxygen atoms in total. The highest BCUT2D eigenvalue weighted by molar-refractivity contribution is 5.69. The van der Waals surface area contributed by atoms with E-state index in [2.05, 4.69) is 0 Å². The van der Waals surface area contributed by atoms with Crippen LogP contribution in [0.4, 0.5) is 21.0 Å². The van der Waals surface area contributed by atoms with Crippen LogP contribution in [-0.2, 0) is 22.7 Å². The van der Waals surface area contributed by atoms with E-state index >= 15 is 0 Å². The molecule has 2 heterocycles. The molecule has 2 aromatic rings. The maximum Gasteiger partial charge on any atom is 0.410 e. The second kappa shape index (κ2) is 12.0. The molecule has 0 saturated carbocycles. The smallest absolute Gasteiger partial charge is 0.410 e. The molecule has 0 bridgehead atoms. The third-order valence-electron chi connectivity index (χ3n) is 6.93. The van der Waals surface area contributed by atoms with Crippen molar-refractivity contribution in [2.75, 3.05) is 19.6 Å². The molecule has 0 aliphatic carbocycles. The van der Waals surface area contributed by atoms with Crippen molar-refractivity contribution in [1.29, 1.82) is 0 Å². The number of hydrogen-bond donors (Lipinski definition) is 2. The van der Waals surface area contributed by atoms with Crippen LogP contribution in [0.15, 0.2) is 48.5 Å². The number of carbonyl (C=O) groups is 2. The predicted octanol–water partition coefficient (Wildman–Crippen LogP) is 2.59. The highest BCUT2D eigenvalue weighted by atomic mass is 16.6. The molecule has 2 fully saturated rings. The number of rotatable bonds is 8. The van der Waals surface area contributed by atoms with E-state index in [9.17, 15) is 40.0 Å².